The van der Waals surface area contributed by atoms with Crippen molar-refractivity contribution in [1.29, 1.82) is 0 Å². The maximum atomic E-state index is 8.61. The molecule has 62 valence electrons. The summed E-state index contributed by atoms with van der Waals surface area (Å²) >= 11 is 1.30. The summed E-state index contributed by atoms with van der Waals surface area (Å²) in [6.45, 7) is 1.98. The van der Waals surface area contributed by atoms with Crippen molar-refractivity contribution >= 4 is 11.5 Å². The molecule has 0 aliphatic rings. The lowest BCUT2D eigenvalue weighted by atomic mass is 10.2. The zero-order valence-corrected chi connectivity index (χ0v) is 7.14. The second-order valence-electron chi connectivity index (χ2n) is 2.34. The standard InChI is InChI=1S/C6H11N3OS/c1-4-6(11-9-8-4)5(7)2-3-10/h5,10H,2-3,7H2,1H3. The second kappa shape index (κ2) is 3.75. The Morgan fingerprint density at radius 2 is 2.45 bits per heavy atom. The van der Waals surface area contributed by atoms with Crippen molar-refractivity contribution in [1.82, 2.24) is 9.59 Å². The molecule has 1 aromatic heterocycles. The number of aryl methyl sites for hydroxylation is 1. The highest BCUT2D eigenvalue weighted by Gasteiger charge is 2.11. The van der Waals surface area contributed by atoms with Gasteiger partial charge in [-0.3, -0.25) is 0 Å². The third kappa shape index (κ3) is 1.95. The maximum absolute atomic E-state index is 8.61. The van der Waals surface area contributed by atoms with E-state index in [1.807, 2.05) is 6.92 Å². The van der Waals surface area contributed by atoms with Crippen LogP contribution in [0.4, 0.5) is 0 Å². The normalized spacial score (nSPS) is 13.4. The molecule has 0 bridgehead atoms. The number of nitrogens with zero attached hydrogens (tertiary/aromatic N) is 2. The van der Waals surface area contributed by atoms with E-state index in [-0.39, 0.29) is 12.6 Å². The van der Waals surface area contributed by atoms with E-state index in [1.165, 1.54) is 11.5 Å². The SMILES string of the molecule is Cc1nnsc1C(N)CCO. The molecule has 11 heavy (non-hydrogen) atoms. The Hall–Kier alpha value is -0.520. The van der Waals surface area contributed by atoms with Gasteiger partial charge < -0.3 is 10.8 Å². The summed E-state index contributed by atoms with van der Waals surface area (Å²) in [4.78, 5) is 0.971. The summed E-state index contributed by atoms with van der Waals surface area (Å²) in [5.41, 5.74) is 6.59. The summed E-state index contributed by atoms with van der Waals surface area (Å²) < 4.78 is 3.76. The van der Waals surface area contributed by atoms with Gasteiger partial charge in [-0.05, 0) is 24.9 Å². The Morgan fingerprint density at radius 1 is 1.73 bits per heavy atom. The van der Waals surface area contributed by atoms with Crippen molar-refractivity contribution in [2.75, 3.05) is 6.61 Å². The molecule has 0 spiro atoms. The molecule has 0 saturated heterocycles. The lowest BCUT2D eigenvalue weighted by molar-refractivity contribution is 0.277. The number of rotatable bonds is 3. The molecular weight excluding hydrogens is 162 g/mol. The summed E-state index contributed by atoms with van der Waals surface area (Å²) in [6, 6.07) is -0.111. The van der Waals surface area contributed by atoms with Crippen molar-refractivity contribution in [3.63, 3.8) is 0 Å². The molecule has 1 aromatic rings. The number of nitrogens with two attached hydrogens (primary N) is 1. The van der Waals surface area contributed by atoms with E-state index in [4.69, 9.17) is 10.8 Å². The van der Waals surface area contributed by atoms with Crippen molar-refractivity contribution in [2.45, 2.75) is 19.4 Å². The van der Waals surface area contributed by atoms with Gasteiger partial charge >= 0.3 is 0 Å². The molecule has 0 fully saturated rings. The van der Waals surface area contributed by atoms with Crippen molar-refractivity contribution in [3.05, 3.63) is 10.6 Å². The van der Waals surface area contributed by atoms with Crippen LogP contribution in [0.25, 0.3) is 0 Å². The smallest absolute Gasteiger partial charge is 0.0772 e. The number of hydrogen-bond acceptors (Lipinski definition) is 5. The predicted molar refractivity (Wildman–Crippen MR) is 43.3 cm³/mol. The van der Waals surface area contributed by atoms with Crippen LogP contribution in [0.15, 0.2) is 0 Å². The van der Waals surface area contributed by atoms with Crippen LogP contribution >= 0.6 is 11.5 Å². The maximum Gasteiger partial charge on any atom is 0.0772 e. The van der Waals surface area contributed by atoms with E-state index in [2.05, 4.69) is 9.59 Å². The van der Waals surface area contributed by atoms with Crippen LogP contribution in [0.5, 0.6) is 0 Å². The van der Waals surface area contributed by atoms with Gasteiger partial charge in [-0.15, -0.1) is 5.10 Å². The first kappa shape index (κ1) is 8.58. The second-order valence-corrected chi connectivity index (χ2v) is 3.13. The van der Waals surface area contributed by atoms with Crippen LogP contribution in [-0.4, -0.2) is 21.3 Å². The minimum absolute atomic E-state index is 0.110. The first-order chi connectivity index (χ1) is 5.25. The van der Waals surface area contributed by atoms with Crippen LogP contribution in [-0.2, 0) is 0 Å². The first-order valence-corrected chi connectivity index (χ1v) is 4.18. The fourth-order valence-corrected chi connectivity index (χ4v) is 1.52. The van der Waals surface area contributed by atoms with E-state index >= 15 is 0 Å². The fourth-order valence-electron chi connectivity index (χ4n) is 0.847. The van der Waals surface area contributed by atoms with E-state index in [1.54, 1.807) is 0 Å². The van der Waals surface area contributed by atoms with Gasteiger partial charge in [0.25, 0.3) is 0 Å². The minimum Gasteiger partial charge on any atom is -0.396 e. The molecule has 4 nitrogen and oxygen atoms in total. The van der Waals surface area contributed by atoms with Gasteiger partial charge in [-0.25, -0.2) is 0 Å². The number of aliphatic hydroxyl groups excluding tert-OH is 1. The van der Waals surface area contributed by atoms with Crippen LogP contribution in [0.2, 0.25) is 0 Å². The minimum atomic E-state index is -0.111. The molecule has 1 atom stereocenters. The van der Waals surface area contributed by atoms with Gasteiger partial charge in [-0.1, -0.05) is 4.49 Å². The molecular formula is C6H11N3OS. The average Bonchev–Trinajstić information content (AvgIpc) is 2.36. The molecule has 1 unspecified atom stereocenters. The Bertz CT molecular complexity index is 225. The molecule has 3 N–H and O–H groups in total. The predicted octanol–water partition coefficient (Wildman–Crippen LogP) is 0.229. The van der Waals surface area contributed by atoms with Crippen LogP contribution in [0, 0.1) is 6.92 Å². The average molecular weight is 173 g/mol. The first-order valence-electron chi connectivity index (χ1n) is 3.41. The summed E-state index contributed by atoms with van der Waals surface area (Å²) in [5.74, 6) is 0. The van der Waals surface area contributed by atoms with Crippen LogP contribution in [0.1, 0.15) is 23.0 Å². The van der Waals surface area contributed by atoms with Crippen molar-refractivity contribution < 1.29 is 5.11 Å². The van der Waals surface area contributed by atoms with E-state index < -0.39 is 0 Å². The largest absolute Gasteiger partial charge is 0.396 e. The van der Waals surface area contributed by atoms with Crippen molar-refractivity contribution in [2.24, 2.45) is 5.73 Å². The lowest BCUT2D eigenvalue weighted by Crippen LogP contribution is -2.11. The van der Waals surface area contributed by atoms with Gasteiger partial charge in [0, 0.05) is 12.6 Å². The molecule has 1 rings (SSSR count). The molecule has 0 amide bonds. The highest BCUT2D eigenvalue weighted by atomic mass is 32.1. The molecule has 0 aromatic carbocycles. The Morgan fingerprint density at radius 3 is 2.91 bits per heavy atom. The number of aromatic nitrogens is 2. The zero-order chi connectivity index (χ0) is 8.27. The molecule has 0 radical (unpaired) electrons. The van der Waals surface area contributed by atoms with Gasteiger partial charge in [0.1, 0.15) is 0 Å². The lowest BCUT2D eigenvalue weighted by Gasteiger charge is -2.05. The highest BCUT2D eigenvalue weighted by molar-refractivity contribution is 7.05. The highest BCUT2D eigenvalue weighted by Crippen LogP contribution is 2.19. The quantitative estimate of drug-likeness (QED) is 0.686. The Labute approximate surface area is 69.2 Å². The van der Waals surface area contributed by atoms with Crippen molar-refractivity contribution in [3.8, 4) is 0 Å². The fraction of sp³-hybridized carbons (Fsp3) is 0.667. The molecule has 0 aliphatic carbocycles. The number of hydrogen-bond donors (Lipinski definition) is 2. The van der Waals surface area contributed by atoms with E-state index in [9.17, 15) is 0 Å². The molecule has 0 saturated carbocycles. The third-order valence-corrected chi connectivity index (χ3v) is 2.42. The zero-order valence-electron chi connectivity index (χ0n) is 6.32. The van der Waals surface area contributed by atoms with E-state index in [0.29, 0.717) is 6.42 Å². The Kier molecular flexibility index (Phi) is 2.92. The van der Waals surface area contributed by atoms with Crippen LogP contribution < -0.4 is 5.73 Å². The number of aliphatic hydroxyl groups is 1. The Balaban J connectivity index is 2.67. The molecule has 5 heteroatoms. The van der Waals surface area contributed by atoms with Gasteiger partial charge in [0.05, 0.1) is 10.6 Å². The topological polar surface area (TPSA) is 72.0 Å². The van der Waals surface area contributed by atoms with Crippen LogP contribution in [0.3, 0.4) is 0 Å². The third-order valence-electron chi connectivity index (χ3n) is 1.46. The van der Waals surface area contributed by atoms with Gasteiger partial charge in [-0.2, -0.15) is 0 Å². The molecule has 1 heterocycles. The molecule has 0 aliphatic heterocycles. The van der Waals surface area contributed by atoms with Gasteiger partial charge in [0.2, 0.25) is 0 Å². The summed E-state index contributed by atoms with van der Waals surface area (Å²) in [7, 11) is 0. The summed E-state index contributed by atoms with van der Waals surface area (Å²) in [5, 5.41) is 12.4. The van der Waals surface area contributed by atoms with E-state index in [0.717, 1.165) is 10.6 Å². The van der Waals surface area contributed by atoms with Gasteiger partial charge in [0.15, 0.2) is 0 Å². The summed E-state index contributed by atoms with van der Waals surface area (Å²) in [6.07, 6.45) is 0.574. The monoisotopic (exact) mass is 173 g/mol.